The summed E-state index contributed by atoms with van der Waals surface area (Å²) < 4.78 is 5.42. The van der Waals surface area contributed by atoms with Crippen molar-refractivity contribution in [1.29, 1.82) is 0 Å². The molecule has 0 atom stereocenters. The van der Waals surface area contributed by atoms with E-state index in [1.165, 1.54) is 44.9 Å². The van der Waals surface area contributed by atoms with Crippen LogP contribution in [0.5, 0.6) is 0 Å². The van der Waals surface area contributed by atoms with Crippen LogP contribution in [0.25, 0.3) is 0 Å². The molecule has 2 N–H and O–H groups in total. The molecule has 4 heteroatoms. The van der Waals surface area contributed by atoms with Crippen LogP contribution >= 0.6 is 0 Å². The quantitative estimate of drug-likeness (QED) is 0.893. The predicted octanol–water partition coefficient (Wildman–Crippen LogP) is 3.57. The maximum absolute atomic E-state index is 6.25. The first-order valence-corrected chi connectivity index (χ1v) is 8.30. The van der Waals surface area contributed by atoms with Crippen LogP contribution in [0, 0.1) is 5.92 Å². The Morgan fingerprint density at radius 1 is 1.25 bits per heavy atom. The number of hydrogen-bond acceptors (Lipinski definition) is 4. The van der Waals surface area contributed by atoms with E-state index in [0.717, 1.165) is 36.9 Å². The molecule has 0 unspecified atom stereocenters. The van der Waals surface area contributed by atoms with E-state index in [1.807, 2.05) is 0 Å². The van der Waals surface area contributed by atoms with Gasteiger partial charge in [-0.1, -0.05) is 24.9 Å². The van der Waals surface area contributed by atoms with Crippen LogP contribution in [0.4, 0.5) is 0 Å². The minimum Gasteiger partial charge on any atom is -0.339 e. The van der Waals surface area contributed by atoms with E-state index in [-0.39, 0.29) is 5.54 Å². The first-order chi connectivity index (χ1) is 9.68. The Bertz CT molecular complexity index is 431. The highest BCUT2D eigenvalue weighted by Crippen LogP contribution is 2.37. The standard InChI is InChI=1S/C16H27N3O/c1-2-4-12-5-7-13(8-6-12)15-18-14(20-19-15)11-16(17)9-3-10-16/h12-13H,2-11,17H2,1H3. The van der Waals surface area contributed by atoms with Crippen LogP contribution in [0.1, 0.15) is 82.3 Å². The van der Waals surface area contributed by atoms with E-state index in [0.29, 0.717) is 5.92 Å². The highest BCUT2D eigenvalue weighted by Gasteiger charge is 2.35. The van der Waals surface area contributed by atoms with Gasteiger partial charge in [0.15, 0.2) is 5.82 Å². The molecule has 3 rings (SSSR count). The molecule has 0 amide bonds. The highest BCUT2D eigenvalue weighted by molar-refractivity contribution is 5.03. The Morgan fingerprint density at radius 3 is 2.60 bits per heavy atom. The summed E-state index contributed by atoms with van der Waals surface area (Å²) in [4.78, 5) is 4.61. The van der Waals surface area contributed by atoms with Crippen molar-refractivity contribution in [1.82, 2.24) is 10.1 Å². The lowest BCUT2D eigenvalue weighted by Gasteiger charge is -2.36. The average molecular weight is 277 g/mol. The molecule has 0 spiro atoms. The fourth-order valence-corrected chi connectivity index (χ4v) is 3.73. The molecular formula is C16H27N3O. The predicted molar refractivity (Wildman–Crippen MR) is 78.4 cm³/mol. The van der Waals surface area contributed by atoms with Crippen molar-refractivity contribution in [3.05, 3.63) is 11.7 Å². The van der Waals surface area contributed by atoms with E-state index in [2.05, 4.69) is 17.1 Å². The lowest BCUT2D eigenvalue weighted by atomic mass is 9.75. The molecular weight excluding hydrogens is 250 g/mol. The minimum absolute atomic E-state index is 0.0669. The second-order valence-electron chi connectivity index (χ2n) is 6.95. The zero-order valence-electron chi connectivity index (χ0n) is 12.6. The van der Waals surface area contributed by atoms with Crippen molar-refractivity contribution >= 4 is 0 Å². The molecule has 20 heavy (non-hydrogen) atoms. The third-order valence-electron chi connectivity index (χ3n) is 5.25. The normalized spacial score (nSPS) is 29.1. The monoisotopic (exact) mass is 277 g/mol. The van der Waals surface area contributed by atoms with Gasteiger partial charge >= 0.3 is 0 Å². The number of nitrogens with zero attached hydrogens (tertiary/aromatic N) is 2. The lowest BCUT2D eigenvalue weighted by Crippen LogP contribution is -2.48. The fraction of sp³-hybridized carbons (Fsp3) is 0.875. The molecule has 1 heterocycles. The molecule has 2 aliphatic carbocycles. The third kappa shape index (κ3) is 3.05. The highest BCUT2D eigenvalue weighted by atomic mass is 16.5. The maximum atomic E-state index is 6.25. The van der Waals surface area contributed by atoms with Crippen molar-refractivity contribution in [2.24, 2.45) is 11.7 Å². The Morgan fingerprint density at radius 2 is 2.00 bits per heavy atom. The Hall–Kier alpha value is -0.900. The van der Waals surface area contributed by atoms with Crippen LogP contribution in [0.3, 0.4) is 0 Å². The van der Waals surface area contributed by atoms with Crippen LogP contribution in [0.15, 0.2) is 4.52 Å². The van der Waals surface area contributed by atoms with Gasteiger partial charge < -0.3 is 10.3 Å². The molecule has 1 aromatic rings. The molecule has 2 aliphatic rings. The fourth-order valence-electron chi connectivity index (χ4n) is 3.73. The van der Waals surface area contributed by atoms with Crippen LogP contribution in [-0.4, -0.2) is 15.7 Å². The summed E-state index contributed by atoms with van der Waals surface area (Å²) in [6.07, 6.45) is 11.9. The van der Waals surface area contributed by atoms with E-state index in [9.17, 15) is 0 Å². The number of rotatable bonds is 5. The van der Waals surface area contributed by atoms with Gasteiger partial charge in [0, 0.05) is 17.9 Å². The molecule has 2 fully saturated rings. The summed E-state index contributed by atoms with van der Waals surface area (Å²) in [6, 6.07) is 0. The van der Waals surface area contributed by atoms with E-state index in [1.54, 1.807) is 0 Å². The Kier molecular flexibility index (Phi) is 4.11. The zero-order chi connectivity index (χ0) is 14.0. The number of aromatic nitrogens is 2. The van der Waals surface area contributed by atoms with Gasteiger partial charge in [-0.2, -0.15) is 4.98 Å². The number of hydrogen-bond donors (Lipinski definition) is 1. The molecule has 0 saturated heterocycles. The van der Waals surface area contributed by atoms with Gasteiger partial charge in [0.2, 0.25) is 5.89 Å². The SMILES string of the molecule is CCCC1CCC(c2noc(CC3(N)CCC3)n2)CC1. The smallest absolute Gasteiger partial charge is 0.228 e. The summed E-state index contributed by atoms with van der Waals surface area (Å²) >= 11 is 0. The van der Waals surface area contributed by atoms with Crippen LogP contribution < -0.4 is 5.73 Å². The molecule has 4 nitrogen and oxygen atoms in total. The first-order valence-electron chi connectivity index (χ1n) is 8.30. The summed E-state index contributed by atoms with van der Waals surface area (Å²) in [5.74, 6) is 3.11. The Balaban J connectivity index is 1.54. The second kappa shape index (κ2) is 5.84. The van der Waals surface area contributed by atoms with Gasteiger partial charge in [0.05, 0.1) is 0 Å². The second-order valence-corrected chi connectivity index (χ2v) is 6.95. The minimum atomic E-state index is -0.0669. The van der Waals surface area contributed by atoms with Crippen LogP contribution in [0.2, 0.25) is 0 Å². The molecule has 0 radical (unpaired) electrons. The van der Waals surface area contributed by atoms with Crippen LogP contribution in [-0.2, 0) is 6.42 Å². The summed E-state index contributed by atoms with van der Waals surface area (Å²) in [6.45, 7) is 2.28. The van der Waals surface area contributed by atoms with Crippen molar-refractivity contribution in [2.75, 3.05) is 0 Å². The zero-order valence-corrected chi connectivity index (χ0v) is 12.6. The molecule has 2 saturated carbocycles. The van der Waals surface area contributed by atoms with Gasteiger partial charge in [-0.05, 0) is 50.9 Å². The topological polar surface area (TPSA) is 64.9 Å². The van der Waals surface area contributed by atoms with E-state index >= 15 is 0 Å². The molecule has 1 aromatic heterocycles. The van der Waals surface area contributed by atoms with Crippen molar-refractivity contribution in [3.63, 3.8) is 0 Å². The van der Waals surface area contributed by atoms with Gasteiger partial charge in [-0.3, -0.25) is 0 Å². The van der Waals surface area contributed by atoms with Crippen molar-refractivity contribution in [3.8, 4) is 0 Å². The summed E-state index contributed by atoms with van der Waals surface area (Å²) in [5.41, 5.74) is 6.18. The summed E-state index contributed by atoms with van der Waals surface area (Å²) in [7, 11) is 0. The lowest BCUT2D eigenvalue weighted by molar-refractivity contribution is 0.221. The van der Waals surface area contributed by atoms with Gasteiger partial charge in [-0.25, -0.2) is 0 Å². The van der Waals surface area contributed by atoms with Gasteiger partial charge in [0.1, 0.15) is 0 Å². The van der Waals surface area contributed by atoms with Gasteiger partial charge in [0.25, 0.3) is 0 Å². The molecule has 112 valence electrons. The van der Waals surface area contributed by atoms with E-state index in [4.69, 9.17) is 10.3 Å². The Labute approximate surface area is 121 Å². The summed E-state index contributed by atoms with van der Waals surface area (Å²) in [5, 5.41) is 4.21. The van der Waals surface area contributed by atoms with E-state index < -0.39 is 0 Å². The van der Waals surface area contributed by atoms with Crippen molar-refractivity contribution in [2.45, 2.75) is 82.6 Å². The first kappa shape index (κ1) is 14.1. The third-order valence-corrected chi connectivity index (χ3v) is 5.25. The van der Waals surface area contributed by atoms with Gasteiger partial charge in [-0.15, -0.1) is 0 Å². The maximum Gasteiger partial charge on any atom is 0.228 e. The molecule has 0 aliphatic heterocycles. The molecule has 0 aromatic carbocycles. The molecule has 0 bridgehead atoms. The van der Waals surface area contributed by atoms with Crippen molar-refractivity contribution < 1.29 is 4.52 Å². The largest absolute Gasteiger partial charge is 0.339 e. The average Bonchev–Trinajstić information content (AvgIpc) is 2.87. The number of nitrogens with two attached hydrogens (primary N) is 1.